The highest BCUT2D eigenvalue weighted by atomic mass is 16.5. The summed E-state index contributed by atoms with van der Waals surface area (Å²) in [4.78, 5) is 12.4. The molecule has 2 aromatic rings. The first-order valence-corrected chi connectivity index (χ1v) is 7.01. The van der Waals surface area contributed by atoms with Crippen molar-refractivity contribution in [2.24, 2.45) is 0 Å². The summed E-state index contributed by atoms with van der Waals surface area (Å²) in [6.07, 6.45) is 3.94. The van der Waals surface area contributed by atoms with Crippen LogP contribution in [-0.4, -0.2) is 21.6 Å². The number of hydrogen-bond acceptors (Lipinski definition) is 5. The molecule has 2 N–H and O–H groups in total. The normalized spacial score (nSPS) is 14.8. The Kier molecular flexibility index (Phi) is 3.50. The summed E-state index contributed by atoms with van der Waals surface area (Å²) in [6, 6.07) is 8.66. The molecule has 5 heteroatoms. The molecule has 3 rings (SSSR count). The van der Waals surface area contributed by atoms with E-state index in [1.54, 1.807) is 0 Å². The van der Waals surface area contributed by atoms with Gasteiger partial charge < -0.3 is 10.5 Å². The topological polar surface area (TPSA) is 73.9 Å². The Morgan fingerprint density at radius 3 is 2.50 bits per heavy atom. The average molecular weight is 270 g/mol. The predicted molar refractivity (Wildman–Crippen MR) is 77.4 cm³/mol. The number of rotatable bonds is 4. The summed E-state index contributed by atoms with van der Waals surface area (Å²) in [6.45, 7) is 2.39. The van der Waals surface area contributed by atoms with E-state index >= 15 is 0 Å². The second-order valence-corrected chi connectivity index (χ2v) is 4.98. The van der Waals surface area contributed by atoms with Crippen molar-refractivity contribution in [3.05, 3.63) is 29.8 Å². The fraction of sp³-hybridized carbons (Fsp3) is 0.400. The van der Waals surface area contributed by atoms with Crippen LogP contribution in [0.2, 0.25) is 0 Å². The molecular weight excluding hydrogens is 252 g/mol. The first-order valence-electron chi connectivity index (χ1n) is 7.01. The van der Waals surface area contributed by atoms with Crippen LogP contribution in [0.15, 0.2) is 24.3 Å². The molecular formula is C15H18N4O. The zero-order chi connectivity index (χ0) is 13.9. The van der Waals surface area contributed by atoms with Gasteiger partial charge in [0.25, 0.3) is 0 Å². The number of aromatic nitrogens is 3. The molecule has 1 fully saturated rings. The SMILES string of the molecule is CCOc1nc(N)nc(-c2ccc(C3CCC3)cc2)n1. The molecule has 1 aliphatic rings. The molecule has 0 atom stereocenters. The molecule has 0 amide bonds. The van der Waals surface area contributed by atoms with E-state index in [1.807, 2.05) is 19.1 Å². The largest absolute Gasteiger partial charge is 0.464 e. The van der Waals surface area contributed by atoms with Crippen molar-refractivity contribution >= 4 is 5.95 Å². The van der Waals surface area contributed by atoms with Crippen LogP contribution >= 0.6 is 0 Å². The molecule has 20 heavy (non-hydrogen) atoms. The summed E-state index contributed by atoms with van der Waals surface area (Å²) < 4.78 is 5.30. The van der Waals surface area contributed by atoms with Gasteiger partial charge in [-0.2, -0.15) is 15.0 Å². The molecule has 1 aliphatic carbocycles. The van der Waals surface area contributed by atoms with Crippen molar-refractivity contribution < 1.29 is 4.74 Å². The molecule has 1 heterocycles. The summed E-state index contributed by atoms with van der Waals surface area (Å²) in [7, 11) is 0. The lowest BCUT2D eigenvalue weighted by Crippen LogP contribution is -2.08. The minimum atomic E-state index is 0.182. The minimum Gasteiger partial charge on any atom is -0.464 e. The van der Waals surface area contributed by atoms with Gasteiger partial charge in [0.15, 0.2) is 5.82 Å². The minimum absolute atomic E-state index is 0.182. The number of ether oxygens (including phenoxy) is 1. The van der Waals surface area contributed by atoms with Crippen molar-refractivity contribution in [2.45, 2.75) is 32.1 Å². The van der Waals surface area contributed by atoms with Crippen molar-refractivity contribution in [1.29, 1.82) is 0 Å². The monoisotopic (exact) mass is 270 g/mol. The molecule has 104 valence electrons. The molecule has 0 bridgehead atoms. The van der Waals surface area contributed by atoms with Gasteiger partial charge in [-0.3, -0.25) is 0 Å². The van der Waals surface area contributed by atoms with Crippen LogP contribution in [0.3, 0.4) is 0 Å². The highest BCUT2D eigenvalue weighted by molar-refractivity contribution is 5.57. The number of benzene rings is 1. The van der Waals surface area contributed by atoms with Crippen LogP contribution in [0.25, 0.3) is 11.4 Å². The van der Waals surface area contributed by atoms with Gasteiger partial charge in [0, 0.05) is 5.56 Å². The quantitative estimate of drug-likeness (QED) is 0.924. The lowest BCUT2D eigenvalue weighted by Gasteiger charge is -2.25. The molecule has 0 aliphatic heterocycles. The number of nitrogens with two attached hydrogens (primary N) is 1. The van der Waals surface area contributed by atoms with E-state index in [0.717, 1.165) is 11.5 Å². The van der Waals surface area contributed by atoms with Crippen molar-refractivity contribution in [3.8, 4) is 17.4 Å². The number of nitrogens with zero attached hydrogens (tertiary/aromatic N) is 3. The summed E-state index contributed by atoms with van der Waals surface area (Å²) in [5.74, 6) is 1.47. The Bertz CT molecular complexity index is 593. The maximum Gasteiger partial charge on any atom is 0.321 e. The Labute approximate surface area is 118 Å². The van der Waals surface area contributed by atoms with Crippen LogP contribution in [-0.2, 0) is 0 Å². The first kappa shape index (κ1) is 12.8. The lowest BCUT2D eigenvalue weighted by molar-refractivity contribution is 0.312. The summed E-state index contributed by atoms with van der Waals surface area (Å²) >= 11 is 0. The zero-order valence-corrected chi connectivity index (χ0v) is 11.5. The van der Waals surface area contributed by atoms with Gasteiger partial charge in [0.1, 0.15) is 0 Å². The fourth-order valence-electron chi connectivity index (χ4n) is 2.34. The van der Waals surface area contributed by atoms with Gasteiger partial charge in [-0.1, -0.05) is 30.7 Å². The Morgan fingerprint density at radius 2 is 1.90 bits per heavy atom. The standard InChI is InChI=1S/C15H18N4O/c1-2-20-15-18-13(17-14(16)19-15)12-8-6-11(7-9-12)10-4-3-5-10/h6-10H,2-5H2,1H3,(H2,16,17,18,19). The fourth-order valence-corrected chi connectivity index (χ4v) is 2.34. The van der Waals surface area contributed by atoms with E-state index in [0.29, 0.717) is 12.4 Å². The van der Waals surface area contributed by atoms with E-state index in [2.05, 4.69) is 27.1 Å². The molecule has 1 aromatic carbocycles. The third-order valence-electron chi connectivity index (χ3n) is 3.65. The maximum absolute atomic E-state index is 5.69. The van der Waals surface area contributed by atoms with Crippen molar-refractivity contribution in [3.63, 3.8) is 0 Å². The van der Waals surface area contributed by atoms with E-state index in [9.17, 15) is 0 Å². The van der Waals surface area contributed by atoms with Crippen LogP contribution in [0.1, 0.15) is 37.7 Å². The van der Waals surface area contributed by atoms with E-state index in [-0.39, 0.29) is 12.0 Å². The summed E-state index contributed by atoms with van der Waals surface area (Å²) in [5, 5.41) is 0. The molecule has 1 aromatic heterocycles. The zero-order valence-electron chi connectivity index (χ0n) is 11.5. The Morgan fingerprint density at radius 1 is 1.15 bits per heavy atom. The van der Waals surface area contributed by atoms with E-state index in [1.165, 1.54) is 24.8 Å². The highest BCUT2D eigenvalue weighted by Crippen LogP contribution is 2.36. The van der Waals surface area contributed by atoms with Crippen molar-refractivity contribution in [2.75, 3.05) is 12.3 Å². The third-order valence-corrected chi connectivity index (χ3v) is 3.65. The predicted octanol–water partition coefficient (Wildman–Crippen LogP) is 2.79. The van der Waals surface area contributed by atoms with Gasteiger partial charge in [0.2, 0.25) is 5.95 Å². The smallest absolute Gasteiger partial charge is 0.321 e. The summed E-state index contributed by atoms with van der Waals surface area (Å²) in [5.41, 5.74) is 8.02. The molecule has 1 saturated carbocycles. The molecule has 0 spiro atoms. The van der Waals surface area contributed by atoms with Crippen LogP contribution in [0.4, 0.5) is 5.95 Å². The van der Waals surface area contributed by atoms with Gasteiger partial charge in [0.05, 0.1) is 6.61 Å². The second kappa shape index (κ2) is 5.45. The van der Waals surface area contributed by atoms with Gasteiger partial charge >= 0.3 is 6.01 Å². The van der Waals surface area contributed by atoms with Gasteiger partial charge in [-0.05, 0) is 31.2 Å². The molecule has 0 saturated heterocycles. The second-order valence-electron chi connectivity index (χ2n) is 4.98. The molecule has 0 radical (unpaired) electrons. The maximum atomic E-state index is 5.69. The average Bonchev–Trinajstić information content (AvgIpc) is 2.37. The van der Waals surface area contributed by atoms with E-state index in [4.69, 9.17) is 10.5 Å². The Hall–Kier alpha value is -2.17. The Balaban J connectivity index is 1.87. The first-order chi connectivity index (χ1) is 9.76. The highest BCUT2D eigenvalue weighted by Gasteiger charge is 2.19. The van der Waals surface area contributed by atoms with Crippen LogP contribution in [0.5, 0.6) is 6.01 Å². The van der Waals surface area contributed by atoms with Crippen LogP contribution < -0.4 is 10.5 Å². The number of hydrogen-bond donors (Lipinski definition) is 1. The van der Waals surface area contributed by atoms with Gasteiger partial charge in [-0.25, -0.2) is 0 Å². The number of anilines is 1. The van der Waals surface area contributed by atoms with E-state index < -0.39 is 0 Å². The third kappa shape index (κ3) is 2.57. The van der Waals surface area contributed by atoms with Crippen molar-refractivity contribution in [1.82, 2.24) is 15.0 Å². The molecule has 0 unspecified atom stereocenters. The molecule has 5 nitrogen and oxygen atoms in total. The lowest BCUT2D eigenvalue weighted by atomic mass is 9.80. The van der Waals surface area contributed by atoms with Gasteiger partial charge in [-0.15, -0.1) is 0 Å². The van der Waals surface area contributed by atoms with Crippen LogP contribution in [0, 0.1) is 0 Å². The number of nitrogen functional groups attached to an aromatic ring is 1.